The predicted octanol–water partition coefficient (Wildman–Crippen LogP) is 5.24. The highest BCUT2D eigenvalue weighted by molar-refractivity contribution is 9.10. The van der Waals surface area contributed by atoms with E-state index in [-0.39, 0.29) is 0 Å². The highest BCUT2D eigenvalue weighted by Crippen LogP contribution is 2.34. The highest BCUT2D eigenvalue weighted by Gasteiger charge is 2.19. The first-order valence-corrected chi connectivity index (χ1v) is 8.40. The Morgan fingerprint density at radius 3 is 2.55 bits per heavy atom. The molecule has 2 nitrogen and oxygen atoms in total. The monoisotopic (exact) mass is 341 g/mol. The summed E-state index contributed by atoms with van der Waals surface area (Å²) in [7, 11) is 1.76. The second-order valence-corrected chi connectivity index (χ2v) is 6.45. The third-order valence-electron chi connectivity index (χ3n) is 3.86. The lowest BCUT2D eigenvalue weighted by Crippen LogP contribution is -2.24. The predicted molar refractivity (Wildman–Crippen MR) is 90.5 cm³/mol. The zero-order valence-electron chi connectivity index (χ0n) is 13.4. The van der Waals surface area contributed by atoms with Crippen LogP contribution in [-0.2, 0) is 0 Å². The Morgan fingerprint density at radius 2 is 2.00 bits per heavy atom. The molecule has 0 saturated carbocycles. The van der Waals surface area contributed by atoms with Gasteiger partial charge < -0.3 is 10.1 Å². The number of methoxy groups -OCH3 is 1. The number of benzene rings is 1. The number of aryl methyl sites for hydroxylation is 1. The van der Waals surface area contributed by atoms with E-state index in [0.29, 0.717) is 12.0 Å². The Bertz CT molecular complexity index is 420. The van der Waals surface area contributed by atoms with E-state index < -0.39 is 0 Å². The Morgan fingerprint density at radius 1 is 1.30 bits per heavy atom. The molecule has 1 aromatic rings. The molecule has 1 rings (SSSR count). The van der Waals surface area contributed by atoms with Gasteiger partial charge in [-0.15, -0.1) is 0 Å². The minimum Gasteiger partial charge on any atom is -0.496 e. The van der Waals surface area contributed by atoms with Gasteiger partial charge in [0.1, 0.15) is 5.75 Å². The molecule has 0 heterocycles. The van der Waals surface area contributed by atoms with Crippen LogP contribution in [0.3, 0.4) is 0 Å². The maximum absolute atomic E-state index is 5.60. The molecule has 0 spiro atoms. The summed E-state index contributed by atoms with van der Waals surface area (Å²) in [6.45, 7) is 9.91. The van der Waals surface area contributed by atoms with Gasteiger partial charge in [0, 0.05) is 16.1 Å². The second-order valence-electron chi connectivity index (χ2n) is 5.60. The largest absolute Gasteiger partial charge is 0.496 e. The van der Waals surface area contributed by atoms with Crippen molar-refractivity contribution in [1.82, 2.24) is 5.32 Å². The Labute approximate surface area is 132 Å². The van der Waals surface area contributed by atoms with E-state index >= 15 is 0 Å². The van der Waals surface area contributed by atoms with E-state index in [9.17, 15) is 0 Å². The van der Waals surface area contributed by atoms with Gasteiger partial charge in [-0.3, -0.25) is 0 Å². The average Bonchev–Trinajstić information content (AvgIpc) is 2.45. The summed E-state index contributed by atoms with van der Waals surface area (Å²) < 4.78 is 6.75. The summed E-state index contributed by atoms with van der Waals surface area (Å²) in [6, 6.07) is 4.69. The molecule has 1 aromatic carbocycles. The van der Waals surface area contributed by atoms with Crippen LogP contribution in [0.15, 0.2) is 16.6 Å². The molecule has 0 radical (unpaired) electrons. The van der Waals surface area contributed by atoms with E-state index in [2.05, 4.69) is 61.1 Å². The van der Waals surface area contributed by atoms with Crippen LogP contribution < -0.4 is 10.1 Å². The SMILES string of the molecule is CCCNC(CC(C)CC)c1cc(Br)c(C)cc1OC. The van der Waals surface area contributed by atoms with Crippen molar-refractivity contribution in [3.63, 3.8) is 0 Å². The van der Waals surface area contributed by atoms with E-state index in [1.165, 1.54) is 17.5 Å². The van der Waals surface area contributed by atoms with E-state index in [0.717, 1.165) is 29.6 Å². The van der Waals surface area contributed by atoms with Crippen LogP contribution in [-0.4, -0.2) is 13.7 Å². The molecule has 3 heteroatoms. The Hall–Kier alpha value is -0.540. The molecular weight excluding hydrogens is 314 g/mol. The summed E-state index contributed by atoms with van der Waals surface area (Å²) in [6.07, 6.45) is 3.49. The number of rotatable bonds is 8. The van der Waals surface area contributed by atoms with Crippen molar-refractivity contribution in [3.05, 3.63) is 27.7 Å². The van der Waals surface area contributed by atoms with Crippen LogP contribution >= 0.6 is 15.9 Å². The minimum atomic E-state index is 0.358. The molecule has 20 heavy (non-hydrogen) atoms. The molecule has 0 saturated heterocycles. The van der Waals surface area contributed by atoms with Gasteiger partial charge in [-0.25, -0.2) is 0 Å². The number of halogens is 1. The van der Waals surface area contributed by atoms with Crippen molar-refractivity contribution in [3.8, 4) is 5.75 Å². The topological polar surface area (TPSA) is 21.3 Å². The Kier molecular flexibility index (Phi) is 7.60. The molecule has 0 aliphatic rings. The van der Waals surface area contributed by atoms with Crippen LogP contribution in [0.2, 0.25) is 0 Å². The van der Waals surface area contributed by atoms with Gasteiger partial charge in [-0.05, 0) is 49.9 Å². The summed E-state index contributed by atoms with van der Waals surface area (Å²) >= 11 is 3.65. The van der Waals surface area contributed by atoms with E-state index in [1.807, 2.05) is 0 Å². The first kappa shape index (κ1) is 17.5. The van der Waals surface area contributed by atoms with Crippen molar-refractivity contribution < 1.29 is 4.74 Å². The van der Waals surface area contributed by atoms with Crippen LogP contribution in [0.1, 0.15) is 57.2 Å². The van der Waals surface area contributed by atoms with Crippen molar-refractivity contribution >= 4 is 15.9 Å². The molecule has 0 amide bonds. The minimum absolute atomic E-state index is 0.358. The lowest BCUT2D eigenvalue weighted by molar-refractivity contribution is 0.370. The number of ether oxygens (including phenoxy) is 1. The van der Waals surface area contributed by atoms with Gasteiger partial charge in [-0.2, -0.15) is 0 Å². The molecule has 0 aliphatic carbocycles. The van der Waals surface area contributed by atoms with Crippen molar-refractivity contribution in [2.24, 2.45) is 5.92 Å². The average molecular weight is 342 g/mol. The number of nitrogens with one attached hydrogen (secondary N) is 1. The lowest BCUT2D eigenvalue weighted by atomic mass is 9.93. The third kappa shape index (κ3) is 4.78. The molecule has 0 aromatic heterocycles. The fourth-order valence-corrected chi connectivity index (χ4v) is 2.69. The Balaban J connectivity index is 3.07. The zero-order valence-corrected chi connectivity index (χ0v) is 15.0. The van der Waals surface area contributed by atoms with Gasteiger partial charge in [0.25, 0.3) is 0 Å². The second kappa shape index (κ2) is 8.68. The summed E-state index contributed by atoms with van der Waals surface area (Å²) in [5.41, 5.74) is 2.47. The maximum atomic E-state index is 5.60. The highest BCUT2D eigenvalue weighted by atomic mass is 79.9. The van der Waals surface area contributed by atoms with Gasteiger partial charge in [0.05, 0.1) is 7.11 Å². The van der Waals surface area contributed by atoms with Gasteiger partial charge in [0.2, 0.25) is 0 Å². The summed E-state index contributed by atoms with van der Waals surface area (Å²) in [5, 5.41) is 3.67. The zero-order chi connectivity index (χ0) is 15.1. The fraction of sp³-hybridized carbons (Fsp3) is 0.647. The van der Waals surface area contributed by atoms with Crippen molar-refractivity contribution in [2.75, 3.05) is 13.7 Å². The number of hydrogen-bond donors (Lipinski definition) is 1. The van der Waals surface area contributed by atoms with Crippen LogP contribution in [0.4, 0.5) is 0 Å². The van der Waals surface area contributed by atoms with E-state index in [1.54, 1.807) is 7.11 Å². The lowest BCUT2D eigenvalue weighted by Gasteiger charge is -2.24. The van der Waals surface area contributed by atoms with Gasteiger partial charge in [0.15, 0.2) is 0 Å². The van der Waals surface area contributed by atoms with Crippen molar-refractivity contribution in [1.29, 1.82) is 0 Å². The first-order chi connectivity index (χ1) is 9.53. The molecule has 2 unspecified atom stereocenters. The third-order valence-corrected chi connectivity index (χ3v) is 4.72. The van der Waals surface area contributed by atoms with Crippen LogP contribution in [0.25, 0.3) is 0 Å². The summed E-state index contributed by atoms with van der Waals surface area (Å²) in [5.74, 6) is 1.69. The normalized spacial score (nSPS) is 14.1. The van der Waals surface area contributed by atoms with E-state index in [4.69, 9.17) is 4.74 Å². The smallest absolute Gasteiger partial charge is 0.123 e. The maximum Gasteiger partial charge on any atom is 0.123 e. The molecule has 2 atom stereocenters. The molecule has 0 fully saturated rings. The summed E-state index contributed by atoms with van der Waals surface area (Å²) in [4.78, 5) is 0. The van der Waals surface area contributed by atoms with Gasteiger partial charge in [-0.1, -0.05) is 43.1 Å². The molecule has 0 aliphatic heterocycles. The van der Waals surface area contributed by atoms with Crippen molar-refractivity contribution in [2.45, 2.75) is 53.0 Å². The first-order valence-electron chi connectivity index (χ1n) is 7.60. The van der Waals surface area contributed by atoms with Crippen LogP contribution in [0.5, 0.6) is 5.75 Å². The molecule has 114 valence electrons. The standard InChI is InChI=1S/C17H28BrNO/c1-6-8-19-16(9-12(3)7-2)14-11-15(18)13(4)10-17(14)20-5/h10-12,16,19H,6-9H2,1-5H3. The number of hydrogen-bond acceptors (Lipinski definition) is 2. The molecular formula is C17H28BrNO. The molecule has 1 N–H and O–H groups in total. The fourth-order valence-electron chi connectivity index (χ4n) is 2.33. The van der Waals surface area contributed by atoms with Gasteiger partial charge >= 0.3 is 0 Å². The van der Waals surface area contributed by atoms with Crippen LogP contribution in [0, 0.1) is 12.8 Å². The molecule has 0 bridgehead atoms. The quantitative estimate of drug-likeness (QED) is 0.697.